The third kappa shape index (κ3) is 7.10. The van der Waals surface area contributed by atoms with Crippen LogP contribution in [0.3, 0.4) is 0 Å². The number of hydrogen-bond acceptors (Lipinski definition) is 4. The van der Waals surface area contributed by atoms with Gasteiger partial charge in [0.25, 0.3) is 5.91 Å². The molecule has 1 heterocycles. The van der Waals surface area contributed by atoms with Gasteiger partial charge in [0.15, 0.2) is 0 Å². The van der Waals surface area contributed by atoms with Crippen molar-refractivity contribution in [1.82, 2.24) is 4.90 Å². The molecule has 1 aromatic rings. The second-order valence-electron chi connectivity index (χ2n) is 8.16. The molecule has 2 rings (SSSR count). The summed E-state index contributed by atoms with van der Waals surface area (Å²) in [7, 11) is 0. The molecule has 1 aromatic carbocycles. The highest BCUT2D eigenvalue weighted by Gasteiger charge is 2.32. The molecule has 1 aliphatic heterocycles. The lowest BCUT2D eigenvalue weighted by molar-refractivity contribution is -0.139. The molecule has 5 nitrogen and oxygen atoms in total. The highest BCUT2D eigenvalue weighted by molar-refractivity contribution is 5.97. The zero-order chi connectivity index (χ0) is 20.4. The maximum Gasteiger partial charge on any atom is 0.256 e. The number of anilines is 1. The quantitative estimate of drug-likeness (QED) is 0.556. The molecule has 1 N–H and O–H groups in total. The summed E-state index contributed by atoms with van der Waals surface area (Å²) in [5.74, 6) is 1.55. The van der Waals surface area contributed by atoms with Crippen molar-refractivity contribution in [3.8, 4) is 5.75 Å². The Labute approximate surface area is 170 Å². The lowest BCUT2D eigenvalue weighted by atomic mass is 10.0. The predicted octanol–water partition coefficient (Wildman–Crippen LogP) is 4.72. The largest absolute Gasteiger partial charge is 0.494 e. The number of nitrogens with one attached hydrogen (secondary N) is 1. The smallest absolute Gasteiger partial charge is 0.256 e. The number of nitrogens with zero attached hydrogens (tertiary/aromatic N) is 1. The number of carbonyl (C=O) groups is 1. The molecule has 0 spiro atoms. The SMILES string of the molecule is CCCO[C@](C)(CC)C(=O)Nc1ccc(OCCCN2CCC[C@H](C)C2)cc1. The van der Waals surface area contributed by atoms with Gasteiger partial charge in [0.05, 0.1) is 6.61 Å². The molecular formula is C23H38N2O3. The molecule has 2 atom stereocenters. The lowest BCUT2D eigenvalue weighted by Gasteiger charge is -2.30. The van der Waals surface area contributed by atoms with Gasteiger partial charge in [-0.15, -0.1) is 0 Å². The third-order valence-electron chi connectivity index (χ3n) is 5.52. The Morgan fingerprint density at radius 3 is 2.64 bits per heavy atom. The first-order valence-electron chi connectivity index (χ1n) is 10.9. The van der Waals surface area contributed by atoms with E-state index in [0.29, 0.717) is 13.0 Å². The molecule has 1 amide bonds. The minimum absolute atomic E-state index is 0.104. The number of benzene rings is 1. The Hall–Kier alpha value is -1.59. The van der Waals surface area contributed by atoms with Crippen molar-refractivity contribution in [2.45, 2.75) is 65.4 Å². The zero-order valence-corrected chi connectivity index (χ0v) is 18.1. The number of likely N-dealkylation sites (tertiary alicyclic amines) is 1. The maximum absolute atomic E-state index is 12.6. The lowest BCUT2D eigenvalue weighted by Crippen LogP contribution is -2.42. The molecule has 5 heteroatoms. The van der Waals surface area contributed by atoms with Crippen molar-refractivity contribution in [3.05, 3.63) is 24.3 Å². The molecule has 0 aromatic heterocycles. The summed E-state index contributed by atoms with van der Waals surface area (Å²) < 4.78 is 11.6. The van der Waals surface area contributed by atoms with Crippen LogP contribution in [0.1, 0.15) is 59.8 Å². The van der Waals surface area contributed by atoms with Gasteiger partial charge in [-0.1, -0.05) is 20.8 Å². The highest BCUT2D eigenvalue weighted by Crippen LogP contribution is 2.21. The van der Waals surface area contributed by atoms with Crippen molar-refractivity contribution in [3.63, 3.8) is 0 Å². The number of rotatable bonds is 11. The number of piperidine rings is 1. The molecule has 0 unspecified atom stereocenters. The second-order valence-corrected chi connectivity index (χ2v) is 8.16. The van der Waals surface area contributed by atoms with Gasteiger partial charge in [0, 0.05) is 25.4 Å². The number of amides is 1. The van der Waals surface area contributed by atoms with Crippen LogP contribution < -0.4 is 10.1 Å². The van der Waals surface area contributed by atoms with Gasteiger partial charge in [-0.25, -0.2) is 0 Å². The van der Waals surface area contributed by atoms with E-state index < -0.39 is 5.60 Å². The van der Waals surface area contributed by atoms with E-state index in [9.17, 15) is 4.79 Å². The van der Waals surface area contributed by atoms with Crippen LogP contribution >= 0.6 is 0 Å². The van der Waals surface area contributed by atoms with Crippen LogP contribution in [-0.2, 0) is 9.53 Å². The molecule has 0 saturated carbocycles. The fraction of sp³-hybridized carbons (Fsp3) is 0.696. The summed E-state index contributed by atoms with van der Waals surface area (Å²) in [4.78, 5) is 15.1. The Morgan fingerprint density at radius 2 is 2.00 bits per heavy atom. The fourth-order valence-electron chi connectivity index (χ4n) is 3.52. The van der Waals surface area contributed by atoms with Crippen LogP contribution in [0, 0.1) is 5.92 Å². The second kappa shape index (κ2) is 11.4. The van der Waals surface area contributed by atoms with Crippen molar-refractivity contribution in [2.75, 3.05) is 38.2 Å². The van der Waals surface area contributed by atoms with Gasteiger partial charge in [-0.05, 0) is 75.8 Å². The topological polar surface area (TPSA) is 50.8 Å². The first kappa shape index (κ1) is 22.7. The predicted molar refractivity (Wildman–Crippen MR) is 115 cm³/mol. The monoisotopic (exact) mass is 390 g/mol. The summed E-state index contributed by atoms with van der Waals surface area (Å²) in [5, 5.41) is 2.96. The van der Waals surface area contributed by atoms with Crippen LogP contribution in [0.25, 0.3) is 0 Å². The number of carbonyl (C=O) groups excluding carboxylic acids is 1. The van der Waals surface area contributed by atoms with Gasteiger partial charge in [-0.3, -0.25) is 4.79 Å². The fourth-order valence-corrected chi connectivity index (χ4v) is 3.52. The van der Waals surface area contributed by atoms with Crippen molar-refractivity contribution in [1.29, 1.82) is 0 Å². The Morgan fingerprint density at radius 1 is 1.25 bits per heavy atom. The van der Waals surface area contributed by atoms with Crippen molar-refractivity contribution in [2.24, 2.45) is 5.92 Å². The average molecular weight is 391 g/mol. The highest BCUT2D eigenvalue weighted by atomic mass is 16.5. The normalized spacial score (nSPS) is 19.8. The van der Waals surface area contributed by atoms with Crippen molar-refractivity contribution < 1.29 is 14.3 Å². The van der Waals surface area contributed by atoms with Crippen LogP contribution in [0.2, 0.25) is 0 Å². The van der Waals surface area contributed by atoms with Gasteiger partial charge in [-0.2, -0.15) is 0 Å². The first-order chi connectivity index (χ1) is 13.5. The molecule has 0 aliphatic carbocycles. The van der Waals surface area contributed by atoms with E-state index in [-0.39, 0.29) is 5.91 Å². The molecule has 1 aliphatic rings. The minimum Gasteiger partial charge on any atom is -0.494 e. The molecule has 158 valence electrons. The molecular weight excluding hydrogens is 352 g/mol. The summed E-state index contributed by atoms with van der Waals surface area (Å²) in [6, 6.07) is 7.59. The molecule has 1 saturated heterocycles. The van der Waals surface area contributed by atoms with E-state index in [1.165, 1.54) is 25.9 Å². The van der Waals surface area contributed by atoms with E-state index >= 15 is 0 Å². The summed E-state index contributed by atoms with van der Waals surface area (Å²) in [5.41, 5.74) is -0.0312. The van der Waals surface area contributed by atoms with E-state index in [4.69, 9.17) is 9.47 Å². The molecule has 28 heavy (non-hydrogen) atoms. The van der Waals surface area contributed by atoms with Gasteiger partial charge in [0.1, 0.15) is 11.4 Å². The van der Waals surface area contributed by atoms with Crippen LogP contribution in [0.5, 0.6) is 5.75 Å². The maximum atomic E-state index is 12.6. The minimum atomic E-state index is -0.795. The standard InChI is InChI=1S/C23H38N2O3/c1-5-16-28-23(4,6-2)22(26)24-20-10-12-21(13-11-20)27-17-8-15-25-14-7-9-19(3)18-25/h10-13,19H,5-9,14-18H2,1-4H3,(H,24,26)/t19-,23+/m0/s1. The molecule has 0 bridgehead atoms. The van der Waals surface area contributed by atoms with Gasteiger partial charge < -0.3 is 19.7 Å². The first-order valence-corrected chi connectivity index (χ1v) is 10.9. The average Bonchev–Trinajstić information content (AvgIpc) is 2.70. The summed E-state index contributed by atoms with van der Waals surface area (Å²) >= 11 is 0. The zero-order valence-electron chi connectivity index (χ0n) is 18.1. The van der Waals surface area contributed by atoms with Crippen LogP contribution in [0.15, 0.2) is 24.3 Å². The van der Waals surface area contributed by atoms with E-state index in [1.54, 1.807) is 0 Å². The Balaban J connectivity index is 1.74. The molecule has 1 fully saturated rings. The number of ether oxygens (including phenoxy) is 2. The van der Waals surface area contributed by atoms with Crippen LogP contribution in [-0.4, -0.2) is 49.3 Å². The van der Waals surface area contributed by atoms with E-state index in [2.05, 4.69) is 17.1 Å². The third-order valence-corrected chi connectivity index (χ3v) is 5.52. The van der Waals surface area contributed by atoms with Gasteiger partial charge in [0.2, 0.25) is 0 Å². The summed E-state index contributed by atoms with van der Waals surface area (Å²) in [6.45, 7) is 13.0. The Kier molecular flexibility index (Phi) is 9.26. The van der Waals surface area contributed by atoms with E-state index in [0.717, 1.165) is 43.3 Å². The van der Waals surface area contributed by atoms with Crippen molar-refractivity contribution >= 4 is 11.6 Å². The van der Waals surface area contributed by atoms with Crippen LogP contribution in [0.4, 0.5) is 5.69 Å². The number of hydrogen-bond donors (Lipinski definition) is 1. The van der Waals surface area contributed by atoms with E-state index in [1.807, 2.05) is 45.0 Å². The Bertz CT molecular complexity index is 590. The summed E-state index contributed by atoms with van der Waals surface area (Å²) in [6.07, 6.45) is 5.24. The molecule has 0 radical (unpaired) electrons. The van der Waals surface area contributed by atoms with Gasteiger partial charge >= 0.3 is 0 Å².